The summed E-state index contributed by atoms with van der Waals surface area (Å²) in [6.45, 7) is 3.16. The highest BCUT2D eigenvalue weighted by atomic mass is 32.2. The van der Waals surface area contributed by atoms with Crippen LogP contribution in [0, 0.1) is 11.8 Å². The first-order valence-corrected chi connectivity index (χ1v) is 5.81. The van der Waals surface area contributed by atoms with E-state index in [4.69, 9.17) is 5.73 Å². The summed E-state index contributed by atoms with van der Waals surface area (Å²) in [5, 5.41) is 0. The van der Waals surface area contributed by atoms with Gasteiger partial charge in [-0.15, -0.1) is 0 Å². The molecular formula is C9H19NS. The van der Waals surface area contributed by atoms with E-state index in [1.54, 1.807) is 0 Å². The van der Waals surface area contributed by atoms with Crippen molar-refractivity contribution in [1.82, 2.24) is 0 Å². The highest BCUT2D eigenvalue weighted by molar-refractivity contribution is 7.99. The van der Waals surface area contributed by atoms with Crippen molar-refractivity contribution in [2.24, 2.45) is 17.6 Å². The Morgan fingerprint density at radius 3 is 2.55 bits per heavy atom. The fourth-order valence-corrected chi connectivity index (χ4v) is 3.02. The lowest BCUT2D eigenvalue weighted by Gasteiger charge is -2.28. The van der Waals surface area contributed by atoms with Gasteiger partial charge in [-0.05, 0) is 42.7 Å². The molecule has 0 spiro atoms. The fraction of sp³-hybridized carbons (Fsp3) is 1.00. The smallest absolute Gasteiger partial charge is 0.00463 e. The zero-order chi connectivity index (χ0) is 8.10. The monoisotopic (exact) mass is 173 g/mol. The maximum atomic E-state index is 5.71. The molecule has 0 aromatic rings. The van der Waals surface area contributed by atoms with E-state index in [1.807, 2.05) is 0 Å². The predicted molar refractivity (Wildman–Crippen MR) is 52.9 cm³/mol. The second kappa shape index (κ2) is 5.04. The van der Waals surface area contributed by atoms with Gasteiger partial charge in [0.15, 0.2) is 0 Å². The lowest BCUT2D eigenvalue weighted by atomic mass is 9.86. The zero-order valence-electron chi connectivity index (χ0n) is 7.38. The van der Waals surface area contributed by atoms with Crippen molar-refractivity contribution in [3.05, 3.63) is 0 Å². The number of nitrogens with two attached hydrogens (primary N) is 1. The van der Waals surface area contributed by atoms with E-state index in [2.05, 4.69) is 18.7 Å². The summed E-state index contributed by atoms with van der Waals surface area (Å²) >= 11 is 2.10. The Morgan fingerprint density at radius 1 is 1.45 bits per heavy atom. The topological polar surface area (TPSA) is 26.0 Å². The van der Waals surface area contributed by atoms with Gasteiger partial charge in [-0.3, -0.25) is 0 Å². The van der Waals surface area contributed by atoms with Gasteiger partial charge in [0.2, 0.25) is 0 Å². The number of hydrogen-bond acceptors (Lipinski definition) is 2. The molecule has 2 N–H and O–H groups in total. The minimum absolute atomic E-state index is 0.802. The molecule has 11 heavy (non-hydrogen) atoms. The molecule has 0 bridgehead atoms. The van der Waals surface area contributed by atoms with Crippen LogP contribution in [0.1, 0.15) is 26.2 Å². The molecule has 0 aromatic carbocycles. The van der Waals surface area contributed by atoms with Gasteiger partial charge in [0.1, 0.15) is 0 Å². The Kier molecular flexibility index (Phi) is 4.31. The Morgan fingerprint density at radius 2 is 2.09 bits per heavy atom. The molecule has 0 aromatic heterocycles. The predicted octanol–water partition coefficient (Wildman–Crippen LogP) is 2.11. The van der Waals surface area contributed by atoms with Crippen LogP contribution in [0.5, 0.6) is 0 Å². The third kappa shape index (κ3) is 2.68. The highest BCUT2D eigenvalue weighted by Crippen LogP contribution is 2.29. The minimum Gasteiger partial charge on any atom is -0.330 e. The summed E-state index contributed by atoms with van der Waals surface area (Å²) in [5.74, 6) is 4.46. The van der Waals surface area contributed by atoms with Gasteiger partial charge in [0, 0.05) is 0 Å². The van der Waals surface area contributed by atoms with Gasteiger partial charge in [-0.25, -0.2) is 0 Å². The summed E-state index contributed by atoms with van der Waals surface area (Å²) < 4.78 is 0. The fourth-order valence-electron chi connectivity index (χ4n) is 1.88. The van der Waals surface area contributed by atoms with E-state index in [0.29, 0.717) is 0 Å². The average molecular weight is 173 g/mol. The second-order valence-electron chi connectivity index (χ2n) is 3.35. The maximum absolute atomic E-state index is 5.71. The molecule has 1 saturated heterocycles. The molecule has 0 amide bonds. The third-order valence-corrected chi connectivity index (χ3v) is 3.81. The molecule has 0 radical (unpaired) electrons. The summed E-state index contributed by atoms with van der Waals surface area (Å²) in [6.07, 6.45) is 4.08. The van der Waals surface area contributed by atoms with Gasteiger partial charge >= 0.3 is 0 Å². The Bertz CT molecular complexity index is 95.7. The SMILES string of the molecule is CCC(CN)C1CCSCC1. The van der Waals surface area contributed by atoms with Crippen molar-refractivity contribution in [1.29, 1.82) is 0 Å². The molecule has 1 heterocycles. The van der Waals surface area contributed by atoms with Crippen molar-refractivity contribution in [2.45, 2.75) is 26.2 Å². The van der Waals surface area contributed by atoms with Crippen LogP contribution < -0.4 is 5.73 Å². The normalized spacial score (nSPS) is 23.5. The van der Waals surface area contributed by atoms with Crippen molar-refractivity contribution >= 4 is 11.8 Å². The molecule has 0 saturated carbocycles. The summed E-state index contributed by atoms with van der Waals surface area (Å²) in [6, 6.07) is 0. The maximum Gasteiger partial charge on any atom is -0.00463 e. The van der Waals surface area contributed by atoms with Crippen LogP contribution >= 0.6 is 11.8 Å². The molecule has 0 aliphatic carbocycles. The first-order valence-electron chi connectivity index (χ1n) is 4.66. The molecule has 1 fully saturated rings. The molecule has 1 atom stereocenters. The summed E-state index contributed by atoms with van der Waals surface area (Å²) in [7, 11) is 0. The van der Waals surface area contributed by atoms with Crippen molar-refractivity contribution in [2.75, 3.05) is 18.1 Å². The van der Waals surface area contributed by atoms with Crippen molar-refractivity contribution in [3.8, 4) is 0 Å². The van der Waals surface area contributed by atoms with E-state index >= 15 is 0 Å². The van der Waals surface area contributed by atoms with Gasteiger partial charge in [0.05, 0.1) is 0 Å². The Balaban J connectivity index is 2.30. The van der Waals surface area contributed by atoms with E-state index in [0.717, 1.165) is 18.4 Å². The molecule has 1 unspecified atom stereocenters. The van der Waals surface area contributed by atoms with Gasteiger partial charge in [0.25, 0.3) is 0 Å². The third-order valence-electron chi connectivity index (χ3n) is 2.76. The molecule has 2 heteroatoms. The number of hydrogen-bond donors (Lipinski definition) is 1. The van der Waals surface area contributed by atoms with Gasteiger partial charge in [-0.1, -0.05) is 13.3 Å². The average Bonchev–Trinajstić information content (AvgIpc) is 2.09. The Hall–Kier alpha value is 0.310. The first kappa shape index (κ1) is 9.40. The van der Waals surface area contributed by atoms with Crippen molar-refractivity contribution < 1.29 is 0 Å². The molecular weight excluding hydrogens is 154 g/mol. The molecule has 1 nitrogen and oxygen atoms in total. The molecule has 1 rings (SSSR count). The lowest BCUT2D eigenvalue weighted by molar-refractivity contribution is 0.310. The van der Waals surface area contributed by atoms with Crippen LogP contribution in [-0.4, -0.2) is 18.1 Å². The van der Waals surface area contributed by atoms with Crippen LogP contribution in [-0.2, 0) is 0 Å². The second-order valence-corrected chi connectivity index (χ2v) is 4.58. The van der Waals surface area contributed by atoms with Crippen LogP contribution in [0.4, 0.5) is 0 Å². The standard InChI is InChI=1S/C9H19NS/c1-2-8(7-10)9-3-5-11-6-4-9/h8-9H,2-7,10H2,1H3. The summed E-state index contributed by atoms with van der Waals surface area (Å²) in [5.41, 5.74) is 5.71. The van der Waals surface area contributed by atoms with Crippen LogP contribution in [0.25, 0.3) is 0 Å². The van der Waals surface area contributed by atoms with Crippen LogP contribution in [0.3, 0.4) is 0 Å². The molecule has 66 valence electrons. The lowest BCUT2D eigenvalue weighted by Crippen LogP contribution is -2.25. The van der Waals surface area contributed by atoms with E-state index < -0.39 is 0 Å². The molecule has 1 aliphatic heterocycles. The number of thioether (sulfide) groups is 1. The Labute approximate surface area is 74.1 Å². The van der Waals surface area contributed by atoms with Gasteiger partial charge < -0.3 is 5.73 Å². The largest absolute Gasteiger partial charge is 0.330 e. The van der Waals surface area contributed by atoms with Gasteiger partial charge in [-0.2, -0.15) is 11.8 Å². The van der Waals surface area contributed by atoms with E-state index in [9.17, 15) is 0 Å². The van der Waals surface area contributed by atoms with E-state index in [1.165, 1.54) is 30.8 Å². The number of rotatable bonds is 3. The van der Waals surface area contributed by atoms with Crippen LogP contribution in [0.2, 0.25) is 0 Å². The van der Waals surface area contributed by atoms with Crippen LogP contribution in [0.15, 0.2) is 0 Å². The zero-order valence-corrected chi connectivity index (χ0v) is 8.20. The molecule has 1 aliphatic rings. The summed E-state index contributed by atoms with van der Waals surface area (Å²) in [4.78, 5) is 0. The quantitative estimate of drug-likeness (QED) is 0.707. The highest BCUT2D eigenvalue weighted by Gasteiger charge is 2.20. The van der Waals surface area contributed by atoms with Crippen molar-refractivity contribution in [3.63, 3.8) is 0 Å². The first-order chi connectivity index (χ1) is 5.38. The minimum atomic E-state index is 0.802. The van der Waals surface area contributed by atoms with E-state index in [-0.39, 0.29) is 0 Å².